The van der Waals surface area contributed by atoms with Crippen LogP contribution in [0.1, 0.15) is 20.9 Å². The molecule has 0 bridgehead atoms. The first-order valence-corrected chi connectivity index (χ1v) is 7.61. The quantitative estimate of drug-likeness (QED) is 0.744. The highest BCUT2D eigenvalue weighted by Gasteiger charge is 2.20. The number of nitrogens with one attached hydrogen (secondary N) is 1. The van der Waals surface area contributed by atoms with Crippen molar-refractivity contribution in [3.05, 3.63) is 52.0 Å². The number of anilines is 2. The molecule has 1 amide bonds. The molecule has 4 nitrogen and oxygen atoms in total. The highest BCUT2D eigenvalue weighted by atomic mass is 32.1. The molecular weight excluding hydrogens is 320 g/mol. The average molecular weight is 333 g/mol. The van der Waals surface area contributed by atoms with E-state index in [4.69, 9.17) is 5.73 Å². The largest absolute Gasteiger partial charge is 0.397 e. The molecule has 0 aliphatic rings. The number of nitrogens with two attached hydrogens (primary N) is 1. The molecule has 0 unspecified atom stereocenters. The smallest absolute Gasteiger partial charge is 0.268 e. The van der Waals surface area contributed by atoms with Crippen LogP contribution in [0, 0.1) is 25.5 Å². The number of rotatable bonds is 2. The predicted octanol–water partition coefficient (Wildman–Crippen LogP) is 4.03. The Kier molecular flexibility index (Phi) is 3.73. The third kappa shape index (κ3) is 2.63. The summed E-state index contributed by atoms with van der Waals surface area (Å²) in [5, 5.41) is 3.07. The first-order chi connectivity index (χ1) is 10.9. The Labute approximate surface area is 135 Å². The van der Waals surface area contributed by atoms with Crippen LogP contribution in [0.4, 0.5) is 20.2 Å². The number of nitrogens with zero attached hydrogens (tertiary/aromatic N) is 1. The maximum Gasteiger partial charge on any atom is 0.268 e. The number of aromatic nitrogens is 1. The van der Waals surface area contributed by atoms with Gasteiger partial charge in [0.1, 0.15) is 9.71 Å². The van der Waals surface area contributed by atoms with E-state index in [1.807, 2.05) is 19.9 Å². The standard InChI is InChI=1S/C16H13F2N3OS/c1-7-6-8(2)20-16-11(7)13(19)14(23-16)15(22)21-10-5-3-4-9(17)12(10)18/h3-6H,19H2,1-2H3,(H,21,22). The number of aryl methyl sites for hydroxylation is 2. The Bertz CT molecular complexity index is 937. The van der Waals surface area contributed by atoms with Gasteiger partial charge in [0.15, 0.2) is 11.6 Å². The van der Waals surface area contributed by atoms with Crippen molar-refractivity contribution in [1.29, 1.82) is 0 Å². The minimum Gasteiger partial charge on any atom is -0.397 e. The van der Waals surface area contributed by atoms with E-state index >= 15 is 0 Å². The fraction of sp³-hybridized carbons (Fsp3) is 0.125. The number of halogens is 2. The van der Waals surface area contributed by atoms with Crippen LogP contribution in [-0.2, 0) is 0 Å². The van der Waals surface area contributed by atoms with Gasteiger partial charge in [0.05, 0.1) is 11.4 Å². The molecule has 118 valence electrons. The van der Waals surface area contributed by atoms with Crippen LogP contribution in [0.15, 0.2) is 24.3 Å². The van der Waals surface area contributed by atoms with Crippen LogP contribution in [0.25, 0.3) is 10.2 Å². The lowest BCUT2D eigenvalue weighted by Gasteiger charge is -2.06. The normalized spacial score (nSPS) is 11.0. The zero-order valence-electron chi connectivity index (χ0n) is 12.4. The van der Waals surface area contributed by atoms with Crippen LogP contribution in [0.3, 0.4) is 0 Å². The fourth-order valence-corrected chi connectivity index (χ4v) is 3.53. The molecular formula is C16H13F2N3OS. The van der Waals surface area contributed by atoms with Crippen molar-refractivity contribution >= 4 is 38.8 Å². The number of pyridine rings is 1. The lowest BCUT2D eigenvalue weighted by atomic mass is 10.1. The number of thiophene rings is 1. The number of carbonyl (C=O) groups is 1. The third-order valence-corrected chi connectivity index (χ3v) is 4.53. The number of carbonyl (C=O) groups excluding carboxylic acids is 1. The molecule has 0 spiro atoms. The molecule has 3 aromatic rings. The molecule has 0 aliphatic carbocycles. The summed E-state index contributed by atoms with van der Waals surface area (Å²) in [7, 11) is 0. The molecule has 0 radical (unpaired) electrons. The number of fused-ring (bicyclic) bond motifs is 1. The van der Waals surface area contributed by atoms with Crippen LogP contribution >= 0.6 is 11.3 Å². The van der Waals surface area contributed by atoms with Gasteiger partial charge in [-0.05, 0) is 37.6 Å². The van der Waals surface area contributed by atoms with E-state index in [2.05, 4.69) is 10.3 Å². The maximum absolute atomic E-state index is 13.7. The number of hydrogen-bond donors (Lipinski definition) is 2. The van der Waals surface area contributed by atoms with E-state index in [0.717, 1.165) is 28.7 Å². The Hall–Kier alpha value is -2.54. The number of amides is 1. The van der Waals surface area contributed by atoms with E-state index in [1.54, 1.807) is 0 Å². The van der Waals surface area contributed by atoms with E-state index < -0.39 is 17.5 Å². The lowest BCUT2D eigenvalue weighted by Crippen LogP contribution is -2.13. The summed E-state index contributed by atoms with van der Waals surface area (Å²) < 4.78 is 26.9. The molecule has 0 atom stereocenters. The van der Waals surface area contributed by atoms with Gasteiger partial charge in [-0.2, -0.15) is 0 Å². The predicted molar refractivity (Wildman–Crippen MR) is 87.8 cm³/mol. The molecule has 0 saturated heterocycles. The third-order valence-electron chi connectivity index (χ3n) is 3.43. The Morgan fingerprint density at radius 2 is 2.04 bits per heavy atom. The SMILES string of the molecule is Cc1cc(C)c2c(N)c(C(=O)Nc3cccc(F)c3F)sc2n1. The van der Waals surface area contributed by atoms with Gasteiger partial charge in [-0.25, -0.2) is 13.8 Å². The zero-order valence-corrected chi connectivity index (χ0v) is 13.2. The highest BCUT2D eigenvalue weighted by Crippen LogP contribution is 2.35. The lowest BCUT2D eigenvalue weighted by molar-refractivity contribution is 0.103. The van der Waals surface area contributed by atoms with E-state index in [-0.39, 0.29) is 10.6 Å². The van der Waals surface area contributed by atoms with Crippen LogP contribution in [0.5, 0.6) is 0 Å². The summed E-state index contributed by atoms with van der Waals surface area (Å²) in [5.41, 5.74) is 7.85. The van der Waals surface area contributed by atoms with Crippen molar-refractivity contribution in [3.63, 3.8) is 0 Å². The minimum atomic E-state index is -1.11. The summed E-state index contributed by atoms with van der Waals surface area (Å²) in [6, 6.07) is 5.46. The van der Waals surface area contributed by atoms with Crippen molar-refractivity contribution < 1.29 is 13.6 Å². The maximum atomic E-state index is 13.7. The summed E-state index contributed by atoms with van der Waals surface area (Å²) in [4.78, 5) is 17.6. The van der Waals surface area contributed by atoms with Crippen molar-refractivity contribution in [2.45, 2.75) is 13.8 Å². The number of nitrogen functional groups attached to an aromatic ring is 1. The van der Waals surface area contributed by atoms with Gasteiger partial charge >= 0.3 is 0 Å². The van der Waals surface area contributed by atoms with Crippen molar-refractivity contribution in [2.24, 2.45) is 0 Å². The molecule has 2 aromatic heterocycles. The van der Waals surface area contributed by atoms with Gasteiger partial charge in [-0.3, -0.25) is 4.79 Å². The van der Waals surface area contributed by atoms with Crippen LogP contribution in [-0.4, -0.2) is 10.9 Å². The molecule has 3 rings (SSSR count). The molecule has 0 saturated carbocycles. The van der Waals surface area contributed by atoms with Crippen molar-refractivity contribution in [3.8, 4) is 0 Å². The second kappa shape index (κ2) is 5.58. The van der Waals surface area contributed by atoms with Crippen molar-refractivity contribution in [2.75, 3.05) is 11.1 Å². The molecule has 2 heterocycles. The molecule has 1 aromatic carbocycles. The first kappa shape index (κ1) is 15.4. The topological polar surface area (TPSA) is 68.0 Å². The summed E-state index contributed by atoms with van der Waals surface area (Å²) in [5.74, 6) is -2.72. The second-order valence-corrected chi connectivity index (χ2v) is 6.16. The highest BCUT2D eigenvalue weighted by molar-refractivity contribution is 7.21. The van der Waals surface area contributed by atoms with Gasteiger partial charge in [-0.15, -0.1) is 11.3 Å². The van der Waals surface area contributed by atoms with E-state index in [1.165, 1.54) is 12.1 Å². The minimum absolute atomic E-state index is 0.227. The average Bonchev–Trinajstić information content (AvgIpc) is 2.81. The molecule has 0 fully saturated rings. The summed E-state index contributed by atoms with van der Waals surface area (Å²) in [6.45, 7) is 3.73. The monoisotopic (exact) mass is 333 g/mol. The van der Waals surface area contributed by atoms with Gasteiger partial charge in [0, 0.05) is 11.1 Å². The molecule has 7 heteroatoms. The molecule has 3 N–H and O–H groups in total. The molecule has 23 heavy (non-hydrogen) atoms. The van der Waals surface area contributed by atoms with Gasteiger partial charge < -0.3 is 11.1 Å². The second-order valence-electron chi connectivity index (χ2n) is 5.16. The Morgan fingerprint density at radius 1 is 1.30 bits per heavy atom. The summed E-state index contributed by atoms with van der Waals surface area (Å²) >= 11 is 1.13. The fourth-order valence-electron chi connectivity index (χ4n) is 2.42. The van der Waals surface area contributed by atoms with Gasteiger partial charge in [0.25, 0.3) is 5.91 Å². The van der Waals surface area contributed by atoms with Gasteiger partial charge in [0.2, 0.25) is 0 Å². The van der Waals surface area contributed by atoms with Crippen molar-refractivity contribution in [1.82, 2.24) is 4.98 Å². The van der Waals surface area contributed by atoms with Crippen LogP contribution < -0.4 is 11.1 Å². The zero-order chi connectivity index (χ0) is 16.7. The first-order valence-electron chi connectivity index (χ1n) is 6.80. The van der Waals surface area contributed by atoms with Crippen LogP contribution in [0.2, 0.25) is 0 Å². The molecule has 0 aliphatic heterocycles. The van der Waals surface area contributed by atoms with Gasteiger partial charge in [-0.1, -0.05) is 6.07 Å². The Balaban J connectivity index is 2.03. The number of benzene rings is 1. The van der Waals surface area contributed by atoms with E-state index in [0.29, 0.717) is 15.9 Å². The Morgan fingerprint density at radius 3 is 2.78 bits per heavy atom. The van der Waals surface area contributed by atoms with E-state index in [9.17, 15) is 13.6 Å². The summed E-state index contributed by atoms with van der Waals surface area (Å²) in [6.07, 6.45) is 0. The number of hydrogen-bond acceptors (Lipinski definition) is 4.